The summed E-state index contributed by atoms with van der Waals surface area (Å²) >= 11 is 1.26. The maximum absolute atomic E-state index is 13.1. The Morgan fingerprint density at radius 2 is 1.84 bits per heavy atom. The molecule has 2 aromatic carbocycles. The van der Waals surface area contributed by atoms with Crippen LogP contribution in [0.5, 0.6) is 11.6 Å². The van der Waals surface area contributed by atoms with Gasteiger partial charge in [0.15, 0.2) is 0 Å². The summed E-state index contributed by atoms with van der Waals surface area (Å²) < 4.78 is 6.85. The van der Waals surface area contributed by atoms with Gasteiger partial charge >= 0.3 is 5.97 Å². The summed E-state index contributed by atoms with van der Waals surface area (Å²) in [5, 5.41) is 17.9. The van der Waals surface area contributed by atoms with Gasteiger partial charge in [-0.2, -0.15) is 0 Å². The van der Waals surface area contributed by atoms with Crippen LogP contribution in [0, 0.1) is 0 Å². The number of rotatable bonds is 5. The van der Waals surface area contributed by atoms with Crippen molar-refractivity contribution in [1.82, 2.24) is 10.1 Å². The number of esters is 1. The van der Waals surface area contributed by atoms with E-state index in [1.807, 2.05) is 18.2 Å². The highest BCUT2D eigenvalue weighted by Gasteiger charge is 2.44. The van der Waals surface area contributed by atoms with Gasteiger partial charge in [-0.3, -0.25) is 9.59 Å². The van der Waals surface area contributed by atoms with Gasteiger partial charge in [-0.15, -0.1) is 0 Å². The number of hydrogen-bond acceptors (Lipinski definition) is 7. The molecule has 4 rings (SSSR count). The molecule has 1 amide bonds. The quantitative estimate of drug-likeness (QED) is 0.255. The van der Waals surface area contributed by atoms with Gasteiger partial charge in [-0.05, 0) is 42.7 Å². The molecular formula is C23H22N4O4S. The third-order valence-corrected chi connectivity index (χ3v) is 5.71. The van der Waals surface area contributed by atoms with Gasteiger partial charge in [0.05, 0.1) is 17.1 Å². The van der Waals surface area contributed by atoms with Crippen LogP contribution in [0.25, 0.3) is 11.3 Å². The number of ether oxygens (including phenoxy) is 1. The van der Waals surface area contributed by atoms with Crippen LogP contribution < -0.4 is 19.4 Å². The molecule has 1 unspecified atom stereocenters. The number of aromatic nitrogens is 3. The first kappa shape index (κ1) is 21.8. The van der Waals surface area contributed by atoms with Crippen LogP contribution in [0.2, 0.25) is 0 Å². The minimum Gasteiger partial charge on any atom is -0.854 e. The molecule has 1 aliphatic rings. The lowest BCUT2D eigenvalue weighted by atomic mass is 10.0. The maximum atomic E-state index is 13.1. The molecule has 1 atom stereocenters. The van der Waals surface area contributed by atoms with Crippen molar-refractivity contribution >= 4 is 29.3 Å². The fourth-order valence-electron chi connectivity index (χ4n) is 3.67. The molecule has 0 radical (unpaired) electrons. The van der Waals surface area contributed by atoms with Crippen molar-refractivity contribution in [1.29, 1.82) is 0 Å². The largest absolute Gasteiger partial charge is 0.854 e. The Balaban J connectivity index is 1.93. The van der Waals surface area contributed by atoms with E-state index >= 15 is 0 Å². The minimum atomic E-state index is -0.690. The number of carbonyl (C=O) groups is 2. The molecule has 9 heteroatoms. The highest BCUT2D eigenvalue weighted by atomic mass is 32.2. The second-order valence-electron chi connectivity index (χ2n) is 7.10. The fraction of sp³-hybridized carbons (Fsp3) is 0.261. The van der Waals surface area contributed by atoms with E-state index < -0.39 is 12.0 Å². The summed E-state index contributed by atoms with van der Waals surface area (Å²) in [6.07, 6.45) is 1.64. The lowest BCUT2D eigenvalue weighted by molar-refractivity contribution is -0.764. The van der Waals surface area contributed by atoms with Crippen LogP contribution in [0.3, 0.4) is 0 Å². The number of benzene rings is 2. The normalized spacial score (nSPS) is 14.5. The highest BCUT2D eigenvalue weighted by molar-refractivity contribution is 7.98. The Kier molecular flexibility index (Phi) is 6.09. The molecule has 0 fully saturated rings. The summed E-state index contributed by atoms with van der Waals surface area (Å²) in [5.74, 6) is -0.439. The summed E-state index contributed by atoms with van der Waals surface area (Å²) in [5.41, 5.74) is 2.28. The Morgan fingerprint density at radius 1 is 1.12 bits per heavy atom. The number of anilines is 1. The average molecular weight is 451 g/mol. The third kappa shape index (κ3) is 3.80. The van der Waals surface area contributed by atoms with Crippen LogP contribution in [-0.2, 0) is 9.59 Å². The second-order valence-corrected chi connectivity index (χ2v) is 7.87. The summed E-state index contributed by atoms with van der Waals surface area (Å²) in [6.45, 7) is 3.52. The zero-order valence-corrected chi connectivity index (χ0v) is 18.8. The van der Waals surface area contributed by atoms with Crippen LogP contribution in [0.4, 0.5) is 5.69 Å². The number of carbonyl (C=O) groups excluding carboxylic acids is 2. The Labute approximate surface area is 189 Å². The van der Waals surface area contributed by atoms with Gasteiger partial charge in [0.25, 0.3) is 17.0 Å². The average Bonchev–Trinajstić information content (AvgIpc) is 2.82. The lowest BCUT2D eigenvalue weighted by Gasteiger charge is -2.33. The van der Waals surface area contributed by atoms with Crippen molar-refractivity contribution < 1.29 is 24.1 Å². The van der Waals surface area contributed by atoms with Crippen LogP contribution in [0.1, 0.15) is 38.4 Å². The molecule has 8 nitrogen and oxygen atoms in total. The molecular weight excluding hydrogens is 428 g/mol. The predicted octanol–water partition coefficient (Wildman–Crippen LogP) is 2.85. The van der Waals surface area contributed by atoms with Crippen molar-refractivity contribution in [2.45, 2.75) is 38.0 Å². The third-order valence-electron chi connectivity index (χ3n) is 5.17. The molecule has 2 heterocycles. The van der Waals surface area contributed by atoms with E-state index in [4.69, 9.17) is 4.74 Å². The molecule has 0 aliphatic carbocycles. The van der Waals surface area contributed by atoms with Crippen molar-refractivity contribution in [3.8, 4) is 22.9 Å². The van der Waals surface area contributed by atoms with E-state index in [0.29, 0.717) is 33.4 Å². The molecule has 0 spiro atoms. The van der Waals surface area contributed by atoms with Crippen LogP contribution in [-0.4, -0.2) is 28.2 Å². The van der Waals surface area contributed by atoms with E-state index in [2.05, 4.69) is 10.1 Å². The van der Waals surface area contributed by atoms with E-state index in [0.717, 1.165) is 0 Å². The number of fused-ring (bicyclic) bond motifs is 3. The molecule has 0 N–H and O–H groups in total. The first-order chi connectivity index (χ1) is 15.5. The smallest absolute Gasteiger partial charge is 0.310 e. The Hall–Kier alpha value is -3.46. The second kappa shape index (κ2) is 8.96. The zero-order valence-electron chi connectivity index (χ0n) is 17.9. The predicted molar refractivity (Wildman–Crippen MR) is 117 cm³/mol. The fourth-order valence-corrected chi connectivity index (χ4v) is 4.02. The first-order valence-corrected chi connectivity index (χ1v) is 11.5. The first-order valence-electron chi connectivity index (χ1n) is 10.2. The van der Waals surface area contributed by atoms with Crippen molar-refractivity contribution in [2.75, 3.05) is 11.2 Å². The van der Waals surface area contributed by atoms with Crippen LogP contribution in [0.15, 0.2) is 53.7 Å². The van der Waals surface area contributed by atoms with Gasteiger partial charge in [0.2, 0.25) is 5.91 Å². The van der Waals surface area contributed by atoms with Crippen LogP contribution >= 0.6 is 11.8 Å². The van der Waals surface area contributed by atoms with Gasteiger partial charge < -0.3 is 9.84 Å². The van der Waals surface area contributed by atoms with Crippen molar-refractivity contribution in [3.63, 3.8) is 0 Å². The standard InChI is InChI=1S/C23H22N4O4S/c1-4-18(28)26-17-9-7-6-8-16(17)20-21(30)24-23(32-3)25-27(20)22(26)14-10-12-15(13-11-14)31-19(29)5-2/h6-13,22H,4-5H2,1-3H3. The number of amides is 1. The van der Waals surface area contributed by atoms with Gasteiger partial charge in [0, 0.05) is 23.5 Å². The SMILES string of the molecule is CCC(=O)Oc1ccc(C2N(C(=O)CC)c3ccccc3-c3c([O-])nc(SC)n[n+]32)cc1. The van der Waals surface area contributed by atoms with Crippen molar-refractivity contribution in [2.24, 2.45) is 0 Å². The number of hydrogen-bond donors (Lipinski definition) is 0. The molecule has 32 heavy (non-hydrogen) atoms. The molecule has 0 saturated heterocycles. The summed E-state index contributed by atoms with van der Waals surface area (Å²) in [6, 6.07) is 14.2. The van der Waals surface area contributed by atoms with Gasteiger partial charge in [-0.1, -0.05) is 42.4 Å². The summed E-state index contributed by atoms with van der Waals surface area (Å²) in [7, 11) is 0. The zero-order chi connectivity index (χ0) is 22.8. The summed E-state index contributed by atoms with van der Waals surface area (Å²) in [4.78, 5) is 30.5. The molecule has 0 saturated carbocycles. The van der Waals surface area contributed by atoms with E-state index in [-0.39, 0.29) is 24.7 Å². The van der Waals surface area contributed by atoms with E-state index in [9.17, 15) is 14.7 Å². The maximum Gasteiger partial charge on any atom is 0.310 e. The highest BCUT2D eigenvalue weighted by Crippen LogP contribution is 2.41. The van der Waals surface area contributed by atoms with E-state index in [1.165, 1.54) is 11.8 Å². The van der Waals surface area contributed by atoms with Gasteiger partial charge in [0.1, 0.15) is 5.75 Å². The molecule has 3 aromatic rings. The van der Waals surface area contributed by atoms with Crippen molar-refractivity contribution in [3.05, 3.63) is 54.1 Å². The monoisotopic (exact) mass is 450 g/mol. The molecule has 1 aliphatic heterocycles. The Bertz CT molecular complexity index is 1180. The molecule has 1 aromatic heterocycles. The number of thioether (sulfide) groups is 1. The lowest BCUT2D eigenvalue weighted by Crippen LogP contribution is -2.59. The Morgan fingerprint density at radius 3 is 2.50 bits per heavy atom. The van der Waals surface area contributed by atoms with E-state index in [1.54, 1.807) is 60.0 Å². The topological polar surface area (TPSA) is 99.3 Å². The number of para-hydroxylation sites is 1. The molecule has 0 bridgehead atoms. The van der Waals surface area contributed by atoms with Gasteiger partial charge in [-0.25, -0.2) is 9.88 Å². The number of nitrogens with zero attached hydrogens (tertiary/aromatic N) is 4. The molecule has 164 valence electrons. The minimum absolute atomic E-state index is 0.112.